The fourth-order valence-electron chi connectivity index (χ4n) is 4.49. The lowest BCUT2D eigenvalue weighted by Gasteiger charge is -2.21. The van der Waals surface area contributed by atoms with Crippen LogP contribution < -0.4 is 20.3 Å². The highest BCUT2D eigenvalue weighted by atomic mass is 16.5. The molecule has 1 aliphatic rings. The first-order valence-corrected chi connectivity index (χ1v) is 12.2. The Morgan fingerprint density at radius 1 is 1.19 bits per heavy atom. The molecule has 1 amide bonds. The van der Waals surface area contributed by atoms with Gasteiger partial charge in [-0.05, 0) is 38.3 Å². The summed E-state index contributed by atoms with van der Waals surface area (Å²) in [7, 11) is 1.56. The third-order valence-corrected chi connectivity index (χ3v) is 6.15. The van der Waals surface area contributed by atoms with Gasteiger partial charge in [-0.3, -0.25) is 14.3 Å². The summed E-state index contributed by atoms with van der Waals surface area (Å²) >= 11 is 0. The number of nitrogens with zero attached hydrogens (tertiary/aromatic N) is 4. The normalized spacial score (nSPS) is 15.0. The summed E-state index contributed by atoms with van der Waals surface area (Å²) in [6, 6.07) is 9.25. The summed E-state index contributed by atoms with van der Waals surface area (Å²) in [5, 5.41) is 21.5. The summed E-state index contributed by atoms with van der Waals surface area (Å²) in [6.45, 7) is 3.65. The van der Waals surface area contributed by atoms with Crippen molar-refractivity contribution in [3.63, 3.8) is 0 Å². The van der Waals surface area contributed by atoms with Crippen molar-refractivity contribution in [1.29, 1.82) is 0 Å². The van der Waals surface area contributed by atoms with Gasteiger partial charge in [0.05, 0.1) is 25.5 Å². The number of aliphatic hydroxyl groups is 1. The quantitative estimate of drug-likeness (QED) is 0.439. The molecule has 10 nitrogen and oxygen atoms in total. The van der Waals surface area contributed by atoms with Crippen LogP contribution in [0.3, 0.4) is 0 Å². The Bertz CT molecular complexity index is 1240. The van der Waals surface area contributed by atoms with Gasteiger partial charge in [0.2, 0.25) is 0 Å². The molecule has 2 aromatic heterocycles. The number of anilines is 1. The third-order valence-electron chi connectivity index (χ3n) is 6.15. The average molecular weight is 496 g/mol. The van der Waals surface area contributed by atoms with E-state index >= 15 is 0 Å². The highest BCUT2D eigenvalue weighted by Crippen LogP contribution is 2.32. The monoisotopic (exact) mass is 495 g/mol. The van der Waals surface area contributed by atoms with Gasteiger partial charge >= 0.3 is 0 Å². The first-order chi connectivity index (χ1) is 17.2. The number of hydrogen-bond acceptors (Lipinski definition) is 7. The highest BCUT2D eigenvalue weighted by Gasteiger charge is 2.29. The predicted octanol–water partition coefficient (Wildman–Crippen LogP) is 3.77. The fourth-order valence-corrected chi connectivity index (χ4v) is 4.49. The van der Waals surface area contributed by atoms with Crippen LogP contribution in [0, 0.1) is 5.92 Å². The Kier molecular flexibility index (Phi) is 7.73. The molecule has 1 saturated carbocycles. The second-order valence-electron chi connectivity index (χ2n) is 9.86. The molecule has 0 aliphatic heterocycles. The number of ether oxygens (including phenoxy) is 2. The predicted molar refractivity (Wildman–Crippen MR) is 134 cm³/mol. The van der Waals surface area contributed by atoms with E-state index in [0.29, 0.717) is 29.7 Å². The molecular weight excluding hydrogens is 462 g/mol. The molecule has 1 fully saturated rings. The Hall–Kier alpha value is -3.66. The molecule has 1 atom stereocenters. The van der Waals surface area contributed by atoms with Crippen LogP contribution in [0.5, 0.6) is 17.2 Å². The van der Waals surface area contributed by atoms with Crippen molar-refractivity contribution in [2.24, 2.45) is 5.92 Å². The SMILES string of the molecule is COc1cccc(Oc2cnn(C(CC3CCCC3)C(=O)Nc3ccn(CC(C)(C)O)n3)c(=O)c2)c1. The largest absolute Gasteiger partial charge is 0.497 e. The molecule has 3 aromatic rings. The van der Waals surface area contributed by atoms with Gasteiger partial charge in [0.1, 0.15) is 17.5 Å². The molecule has 1 aromatic carbocycles. The zero-order chi connectivity index (χ0) is 25.7. The number of carbonyl (C=O) groups is 1. The van der Waals surface area contributed by atoms with Crippen molar-refractivity contribution in [2.75, 3.05) is 12.4 Å². The van der Waals surface area contributed by atoms with E-state index in [2.05, 4.69) is 15.5 Å². The molecule has 1 aliphatic carbocycles. The molecular formula is C26H33N5O5. The van der Waals surface area contributed by atoms with Gasteiger partial charge in [-0.15, -0.1) is 0 Å². The van der Waals surface area contributed by atoms with E-state index < -0.39 is 17.2 Å². The summed E-state index contributed by atoms with van der Waals surface area (Å²) in [5.74, 6) is 1.75. The standard InChI is InChI=1S/C26H33N5O5/c1-26(2,34)17-30-12-11-23(29-30)28-25(33)22(13-18-7-4-5-8-18)31-24(32)15-21(16-27-31)36-20-10-6-9-19(14-20)35-3/h6,9-12,14-16,18,22,34H,4-5,7-8,13,17H2,1-3H3,(H,28,29,33). The molecule has 36 heavy (non-hydrogen) atoms. The molecule has 4 rings (SSSR count). The zero-order valence-electron chi connectivity index (χ0n) is 20.9. The molecule has 0 radical (unpaired) electrons. The lowest BCUT2D eigenvalue weighted by atomic mass is 9.98. The Labute approximate surface area is 209 Å². The van der Waals surface area contributed by atoms with Gasteiger partial charge < -0.3 is 19.9 Å². The number of hydrogen-bond donors (Lipinski definition) is 2. The zero-order valence-corrected chi connectivity index (χ0v) is 20.9. The van der Waals surface area contributed by atoms with Gasteiger partial charge in [0.15, 0.2) is 11.6 Å². The average Bonchev–Trinajstić information content (AvgIpc) is 3.49. The number of aromatic nitrogens is 4. The lowest BCUT2D eigenvalue weighted by molar-refractivity contribution is -0.120. The number of nitrogens with one attached hydrogen (secondary N) is 1. The molecule has 1 unspecified atom stereocenters. The molecule has 0 bridgehead atoms. The third kappa shape index (κ3) is 6.72. The molecule has 10 heteroatoms. The first kappa shape index (κ1) is 25.4. The van der Waals surface area contributed by atoms with E-state index in [1.807, 2.05) is 0 Å². The van der Waals surface area contributed by atoms with Gasteiger partial charge in [0.25, 0.3) is 11.5 Å². The van der Waals surface area contributed by atoms with Crippen molar-refractivity contribution in [1.82, 2.24) is 19.6 Å². The van der Waals surface area contributed by atoms with Crippen LogP contribution in [0.25, 0.3) is 0 Å². The fraction of sp³-hybridized carbons (Fsp3) is 0.462. The van der Waals surface area contributed by atoms with Gasteiger partial charge in [0, 0.05) is 24.4 Å². The second kappa shape index (κ2) is 10.9. The Balaban J connectivity index is 1.53. The maximum Gasteiger partial charge on any atom is 0.271 e. The molecule has 0 saturated heterocycles. The number of amides is 1. The summed E-state index contributed by atoms with van der Waals surface area (Å²) in [4.78, 5) is 26.4. The van der Waals surface area contributed by atoms with Crippen LogP contribution >= 0.6 is 0 Å². The molecule has 0 spiro atoms. The van der Waals surface area contributed by atoms with Crippen molar-refractivity contribution < 1.29 is 19.4 Å². The summed E-state index contributed by atoms with van der Waals surface area (Å²) in [5.41, 5.74) is -1.37. The number of benzene rings is 1. The number of methoxy groups -OCH3 is 1. The van der Waals surface area contributed by atoms with Gasteiger partial charge in [-0.1, -0.05) is 31.7 Å². The van der Waals surface area contributed by atoms with Crippen molar-refractivity contribution in [2.45, 2.75) is 64.1 Å². The maximum absolute atomic E-state index is 13.3. The van der Waals surface area contributed by atoms with E-state index in [0.717, 1.165) is 25.7 Å². The minimum atomic E-state index is -0.940. The van der Waals surface area contributed by atoms with E-state index in [9.17, 15) is 14.7 Å². The van der Waals surface area contributed by atoms with Gasteiger partial charge in [-0.25, -0.2) is 4.68 Å². The highest BCUT2D eigenvalue weighted by molar-refractivity contribution is 5.92. The maximum atomic E-state index is 13.3. The van der Waals surface area contributed by atoms with Crippen LogP contribution in [0.2, 0.25) is 0 Å². The number of rotatable bonds is 10. The van der Waals surface area contributed by atoms with E-state index in [1.165, 1.54) is 16.9 Å². The minimum Gasteiger partial charge on any atom is -0.497 e. The van der Waals surface area contributed by atoms with E-state index in [-0.39, 0.29) is 18.2 Å². The minimum absolute atomic E-state index is 0.273. The molecule has 2 N–H and O–H groups in total. The summed E-state index contributed by atoms with van der Waals surface area (Å²) < 4.78 is 13.8. The van der Waals surface area contributed by atoms with Crippen LogP contribution in [-0.2, 0) is 11.3 Å². The molecule has 192 valence electrons. The van der Waals surface area contributed by atoms with Crippen LogP contribution in [0.15, 0.2) is 53.6 Å². The number of carbonyl (C=O) groups excluding carboxylic acids is 1. The van der Waals surface area contributed by atoms with Crippen LogP contribution in [0.4, 0.5) is 5.82 Å². The second-order valence-corrected chi connectivity index (χ2v) is 9.86. The van der Waals surface area contributed by atoms with Crippen LogP contribution in [0.1, 0.15) is 52.0 Å². The van der Waals surface area contributed by atoms with Gasteiger partial charge in [-0.2, -0.15) is 10.2 Å². The van der Waals surface area contributed by atoms with Crippen molar-refractivity contribution >= 4 is 11.7 Å². The smallest absolute Gasteiger partial charge is 0.271 e. The summed E-state index contributed by atoms with van der Waals surface area (Å²) in [6.07, 6.45) is 7.93. The van der Waals surface area contributed by atoms with E-state index in [4.69, 9.17) is 9.47 Å². The van der Waals surface area contributed by atoms with Crippen molar-refractivity contribution in [3.05, 3.63) is 59.1 Å². The van der Waals surface area contributed by atoms with E-state index in [1.54, 1.807) is 62.2 Å². The van der Waals surface area contributed by atoms with Crippen LogP contribution in [-0.4, -0.2) is 43.3 Å². The Morgan fingerprint density at radius 2 is 1.94 bits per heavy atom. The lowest BCUT2D eigenvalue weighted by Crippen LogP contribution is -2.36. The Morgan fingerprint density at radius 3 is 2.64 bits per heavy atom. The topological polar surface area (TPSA) is 120 Å². The van der Waals surface area contributed by atoms with Crippen molar-refractivity contribution in [3.8, 4) is 17.2 Å². The first-order valence-electron chi connectivity index (χ1n) is 12.2. The molecule has 2 heterocycles.